The minimum Gasteiger partial charge on any atom is -0.350 e. The minimum absolute atomic E-state index is 0.306. The second-order valence-electron chi connectivity index (χ2n) is 8.92. The van der Waals surface area contributed by atoms with Crippen molar-refractivity contribution in [3.8, 4) is 0 Å². The first-order chi connectivity index (χ1) is 15.8. The highest BCUT2D eigenvalue weighted by Crippen LogP contribution is 2.34. The van der Waals surface area contributed by atoms with Gasteiger partial charge < -0.3 is 5.32 Å². The highest BCUT2D eigenvalue weighted by atomic mass is 16.2. The third-order valence-corrected chi connectivity index (χ3v) is 6.33. The zero-order valence-electron chi connectivity index (χ0n) is 19.9. The fourth-order valence-corrected chi connectivity index (χ4v) is 4.02. The molecule has 3 aromatic carbocycles. The molecule has 0 aliphatic carbocycles. The number of amides is 2. The number of hydrogen-bond donors (Lipinski definition) is 1. The Bertz CT molecular complexity index is 1240. The number of carbonyl (C=O) groups excluding carboxylic acids is 2. The SMILES string of the molecule is CCc1ccc(N2C(=O)C(Nc3ccc(C(C)C)cc3)=C(c3ccc(C)c(C)c3)C2=O)cc1. The molecule has 0 unspecified atom stereocenters. The molecule has 0 radical (unpaired) electrons. The van der Waals surface area contributed by atoms with Gasteiger partial charge in [0.1, 0.15) is 5.70 Å². The normalized spacial score (nSPS) is 13.9. The van der Waals surface area contributed by atoms with E-state index >= 15 is 0 Å². The van der Waals surface area contributed by atoms with E-state index in [2.05, 4.69) is 26.1 Å². The maximum atomic E-state index is 13.6. The number of carbonyl (C=O) groups is 2. The van der Waals surface area contributed by atoms with Crippen LogP contribution < -0.4 is 10.2 Å². The number of benzene rings is 3. The molecule has 1 aliphatic rings. The van der Waals surface area contributed by atoms with Crippen LogP contribution in [0.2, 0.25) is 0 Å². The van der Waals surface area contributed by atoms with Gasteiger partial charge in [-0.3, -0.25) is 9.59 Å². The van der Waals surface area contributed by atoms with E-state index in [4.69, 9.17) is 0 Å². The lowest BCUT2D eigenvalue weighted by molar-refractivity contribution is -0.120. The monoisotopic (exact) mass is 438 g/mol. The lowest BCUT2D eigenvalue weighted by atomic mass is 9.99. The summed E-state index contributed by atoms with van der Waals surface area (Å²) in [7, 11) is 0. The van der Waals surface area contributed by atoms with Gasteiger partial charge in [0.25, 0.3) is 11.8 Å². The Labute approximate surface area is 195 Å². The minimum atomic E-state index is -0.342. The van der Waals surface area contributed by atoms with Gasteiger partial charge in [-0.25, -0.2) is 4.90 Å². The summed E-state index contributed by atoms with van der Waals surface area (Å²) in [5, 5.41) is 3.26. The highest BCUT2D eigenvalue weighted by Gasteiger charge is 2.40. The lowest BCUT2D eigenvalue weighted by Crippen LogP contribution is -2.32. The number of rotatable bonds is 6. The van der Waals surface area contributed by atoms with E-state index in [-0.39, 0.29) is 11.8 Å². The van der Waals surface area contributed by atoms with Crippen LogP contribution in [0.25, 0.3) is 5.57 Å². The van der Waals surface area contributed by atoms with E-state index in [9.17, 15) is 9.59 Å². The number of nitrogens with one attached hydrogen (secondary N) is 1. The van der Waals surface area contributed by atoms with Crippen LogP contribution in [0.1, 0.15) is 54.5 Å². The number of imide groups is 1. The van der Waals surface area contributed by atoms with Crippen LogP contribution in [-0.4, -0.2) is 11.8 Å². The summed E-state index contributed by atoms with van der Waals surface area (Å²) in [4.78, 5) is 28.5. The average Bonchev–Trinajstić information content (AvgIpc) is 3.05. The molecular formula is C29H30N2O2. The molecule has 1 heterocycles. The van der Waals surface area contributed by atoms with Gasteiger partial charge in [-0.05, 0) is 78.3 Å². The van der Waals surface area contributed by atoms with E-state index < -0.39 is 0 Å². The van der Waals surface area contributed by atoms with Gasteiger partial charge in [-0.1, -0.05) is 63.2 Å². The number of nitrogens with zero attached hydrogens (tertiary/aromatic N) is 1. The molecule has 4 nitrogen and oxygen atoms in total. The average molecular weight is 439 g/mol. The van der Waals surface area contributed by atoms with Crippen molar-refractivity contribution >= 4 is 28.8 Å². The van der Waals surface area contributed by atoms with Crippen LogP contribution >= 0.6 is 0 Å². The van der Waals surface area contributed by atoms with E-state index in [1.54, 1.807) is 0 Å². The Balaban J connectivity index is 1.78. The highest BCUT2D eigenvalue weighted by molar-refractivity contribution is 6.46. The molecule has 0 fully saturated rings. The van der Waals surface area contributed by atoms with Gasteiger partial charge in [0.2, 0.25) is 0 Å². The Morgan fingerprint density at radius 2 is 1.48 bits per heavy atom. The van der Waals surface area contributed by atoms with Crippen molar-refractivity contribution in [2.24, 2.45) is 0 Å². The Hall–Kier alpha value is -3.66. The molecule has 0 aromatic heterocycles. The predicted molar refractivity (Wildman–Crippen MR) is 135 cm³/mol. The smallest absolute Gasteiger partial charge is 0.282 e. The van der Waals surface area contributed by atoms with Crippen LogP contribution in [0, 0.1) is 13.8 Å². The third-order valence-electron chi connectivity index (χ3n) is 6.33. The van der Waals surface area contributed by atoms with E-state index in [0.717, 1.165) is 34.4 Å². The van der Waals surface area contributed by atoms with Crippen molar-refractivity contribution in [3.63, 3.8) is 0 Å². The molecule has 0 saturated heterocycles. The first-order valence-corrected chi connectivity index (χ1v) is 11.5. The molecule has 2 amide bonds. The third kappa shape index (κ3) is 4.34. The molecule has 33 heavy (non-hydrogen) atoms. The van der Waals surface area contributed by atoms with Crippen LogP contribution in [0.4, 0.5) is 11.4 Å². The summed E-state index contributed by atoms with van der Waals surface area (Å²) in [6, 6.07) is 21.5. The topological polar surface area (TPSA) is 49.4 Å². The molecule has 4 rings (SSSR count). The molecular weight excluding hydrogens is 408 g/mol. The van der Waals surface area contributed by atoms with Gasteiger partial charge in [-0.2, -0.15) is 0 Å². The van der Waals surface area contributed by atoms with Gasteiger partial charge >= 0.3 is 0 Å². The van der Waals surface area contributed by atoms with Crippen molar-refractivity contribution < 1.29 is 9.59 Å². The zero-order valence-corrected chi connectivity index (χ0v) is 19.9. The molecule has 1 aliphatic heterocycles. The first-order valence-electron chi connectivity index (χ1n) is 11.5. The van der Waals surface area contributed by atoms with Crippen molar-refractivity contribution in [2.45, 2.75) is 47.0 Å². The largest absolute Gasteiger partial charge is 0.350 e. The quantitative estimate of drug-likeness (QED) is 0.454. The molecule has 0 spiro atoms. The molecule has 1 N–H and O–H groups in total. The number of aryl methyl sites for hydroxylation is 3. The van der Waals surface area contributed by atoms with Crippen molar-refractivity contribution in [1.29, 1.82) is 0 Å². The van der Waals surface area contributed by atoms with Crippen molar-refractivity contribution in [1.82, 2.24) is 0 Å². The van der Waals surface area contributed by atoms with Gasteiger partial charge in [0.05, 0.1) is 11.3 Å². The van der Waals surface area contributed by atoms with Gasteiger partial charge in [0.15, 0.2) is 0 Å². The Morgan fingerprint density at radius 3 is 2.06 bits per heavy atom. The maximum Gasteiger partial charge on any atom is 0.282 e. The maximum absolute atomic E-state index is 13.6. The molecule has 168 valence electrons. The second-order valence-corrected chi connectivity index (χ2v) is 8.92. The summed E-state index contributed by atoms with van der Waals surface area (Å²) >= 11 is 0. The van der Waals surface area contributed by atoms with Crippen molar-refractivity contribution in [3.05, 3.63) is 100 Å². The van der Waals surface area contributed by atoms with E-state index in [1.165, 1.54) is 10.5 Å². The fourth-order valence-electron chi connectivity index (χ4n) is 4.02. The zero-order chi connectivity index (χ0) is 23.7. The van der Waals surface area contributed by atoms with E-state index in [0.29, 0.717) is 22.9 Å². The summed E-state index contributed by atoms with van der Waals surface area (Å²) in [6.07, 6.45) is 0.896. The molecule has 4 heteroatoms. The molecule has 0 saturated carbocycles. The first kappa shape index (κ1) is 22.5. The Kier molecular flexibility index (Phi) is 6.19. The van der Waals surface area contributed by atoms with Gasteiger partial charge in [0, 0.05) is 5.69 Å². The fraction of sp³-hybridized carbons (Fsp3) is 0.241. The molecule has 3 aromatic rings. The van der Waals surface area contributed by atoms with Gasteiger partial charge in [-0.15, -0.1) is 0 Å². The standard InChI is InChI=1S/C29H30N2O2/c1-6-21-8-15-25(16-9-21)31-28(32)26(23-10-7-19(4)20(5)17-23)27(29(31)33)30-24-13-11-22(12-14-24)18(2)3/h7-18,30H,6H2,1-5H3. The van der Waals surface area contributed by atoms with Crippen LogP contribution in [0.3, 0.4) is 0 Å². The predicted octanol–water partition coefficient (Wildman–Crippen LogP) is 6.39. The van der Waals surface area contributed by atoms with Crippen LogP contribution in [0.15, 0.2) is 72.4 Å². The molecule has 0 atom stereocenters. The van der Waals surface area contributed by atoms with E-state index in [1.807, 2.05) is 80.6 Å². The van der Waals surface area contributed by atoms with Crippen molar-refractivity contribution in [2.75, 3.05) is 10.2 Å². The number of anilines is 2. The summed E-state index contributed by atoms with van der Waals surface area (Å²) in [5.41, 5.74) is 7.39. The molecule has 0 bridgehead atoms. The van der Waals surface area contributed by atoms with Crippen LogP contribution in [0.5, 0.6) is 0 Å². The Morgan fingerprint density at radius 1 is 0.818 bits per heavy atom. The van der Waals surface area contributed by atoms with Crippen LogP contribution in [-0.2, 0) is 16.0 Å². The second kappa shape index (κ2) is 9.07. The summed E-state index contributed by atoms with van der Waals surface area (Å²) < 4.78 is 0. The number of hydrogen-bond acceptors (Lipinski definition) is 3. The lowest BCUT2D eigenvalue weighted by Gasteiger charge is -2.16. The summed E-state index contributed by atoms with van der Waals surface area (Å²) in [5.74, 6) is -0.236. The summed E-state index contributed by atoms with van der Waals surface area (Å²) in [6.45, 7) is 10.4.